The van der Waals surface area contributed by atoms with E-state index in [9.17, 15) is 14.0 Å². The first-order chi connectivity index (χ1) is 14.4. The van der Waals surface area contributed by atoms with Gasteiger partial charge in [0.25, 0.3) is 0 Å². The molecule has 164 valence electrons. The van der Waals surface area contributed by atoms with E-state index in [-0.39, 0.29) is 30.6 Å². The number of aryl methyl sites for hydroxylation is 1. The highest BCUT2D eigenvalue weighted by Gasteiger charge is 2.22. The molecule has 0 bridgehead atoms. The van der Waals surface area contributed by atoms with Crippen LogP contribution in [0.15, 0.2) is 42.6 Å². The highest BCUT2D eigenvalue weighted by atomic mass is 19.1. The van der Waals surface area contributed by atoms with E-state index in [1.54, 1.807) is 29.0 Å². The van der Waals surface area contributed by atoms with Gasteiger partial charge in [-0.05, 0) is 36.2 Å². The van der Waals surface area contributed by atoms with Crippen LogP contribution in [0, 0.1) is 5.82 Å². The minimum atomic E-state index is -0.335. The maximum Gasteiger partial charge on any atom is 0.242 e. The number of hydrogen-bond donors (Lipinski definition) is 0. The zero-order valence-corrected chi connectivity index (χ0v) is 18.1. The van der Waals surface area contributed by atoms with Gasteiger partial charge in [-0.2, -0.15) is 0 Å². The number of methoxy groups -OCH3 is 1. The lowest BCUT2D eigenvalue weighted by Gasteiger charge is -2.28. The van der Waals surface area contributed by atoms with Gasteiger partial charge >= 0.3 is 0 Å². The number of halogens is 1. The van der Waals surface area contributed by atoms with Crippen molar-refractivity contribution in [2.24, 2.45) is 7.05 Å². The number of nitrogens with zero attached hydrogens (tertiary/aromatic N) is 3. The van der Waals surface area contributed by atoms with Crippen LogP contribution in [0.4, 0.5) is 4.39 Å². The predicted octanol–water partition coefficient (Wildman–Crippen LogP) is 3.01. The molecule has 0 fully saturated rings. The lowest BCUT2D eigenvalue weighted by molar-refractivity contribution is -0.141. The summed E-state index contributed by atoms with van der Waals surface area (Å²) in [5, 5.41) is 0. The Labute approximate surface area is 178 Å². The minimum Gasteiger partial charge on any atom is -0.383 e. The molecule has 1 heterocycles. The van der Waals surface area contributed by atoms with Gasteiger partial charge in [0.15, 0.2) is 0 Å². The molecule has 0 saturated carbocycles. The summed E-state index contributed by atoms with van der Waals surface area (Å²) >= 11 is 0. The van der Waals surface area contributed by atoms with Crippen molar-refractivity contribution >= 4 is 11.8 Å². The number of aromatic nitrogens is 1. The van der Waals surface area contributed by atoms with Gasteiger partial charge in [0.05, 0.1) is 26.1 Å². The number of ether oxygens (including phenoxy) is 1. The minimum absolute atomic E-state index is 0.0220. The number of carbonyl (C=O) groups excluding carboxylic acids is 2. The third kappa shape index (κ3) is 7.30. The average molecular weight is 418 g/mol. The van der Waals surface area contributed by atoms with Crippen LogP contribution in [0.25, 0.3) is 0 Å². The summed E-state index contributed by atoms with van der Waals surface area (Å²) in [5.41, 5.74) is 1.74. The number of carbonyl (C=O) groups is 2. The molecule has 0 N–H and O–H groups in total. The Bertz CT molecular complexity index is 804. The highest BCUT2D eigenvalue weighted by Crippen LogP contribution is 2.10. The Morgan fingerprint density at radius 1 is 1.07 bits per heavy atom. The van der Waals surface area contributed by atoms with Crippen molar-refractivity contribution in [2.45, 2.75) is 32.7 Å². The first kappa shape index (κ1) is 23.6. The summed E-state index contributed by atoms with van der Waals surface area (Å²) in [7, 11) is 3.54. The van der Waals surface area contributed by atoms with Crippen LogP contribution in [0.1, 0.15) is 31.0 Å². The van der Waals surface area contributed by atoms with Crippen LogP contribution in [-0.4, -0.2) is 59.5 Å². The van der Waals surface area contributed by atoms with E-state index in [0.29, 0.717) is 26.2 Å². The van der Waals surface area contributed by atoms with Crippen LogP contribution >= 0.6 is 0 Å². The van der Waals surface area contributed by atoms with Crippen LogP contribution < -0.4 is 0 Å². The Morgan fingerprint density at radius 2 is 1.80 bits per heavy atom. The second-order valence-corrected chi connectivity index (χ2v) is 7.39. The van der Waals surface area contributed by atoms with Gasteiger partial charge in [-0.1, -0.05) is 25.5 Å². The lowest BCUT2D eigenvalue weighted by Crippen LogP contribution is -2.44. The summed E-state index contributed by atoms with van der Waals surface area (Å²) in [6.07, 6.45) is 3.82. The number of unbranched alkanes of at least 4 members (excludes halogenated alkanes) is 1. The third-order valence-electron chi connectivity index (χ3n) is 5.05. The van der Waals surface area contributed by atoms with Crippen molar-refractivity contribution in [1.29, 1.82) is 0 Å². The van der Waals surface area contributed by atoms with E-state index in [1.165, 1.54) is 12.1 Å². The van der Waals surface area contributed by atoms with Crippen molar-refractivity contribution in [3.63, 3.8) is 0 Å². The van der Waals surface area contributed by atoms with Crippen molar-refractivity contribution in [1.82, 2.24) is 14.4 Å². The second-order valence-electron chi connectivity index (χ2n) is 7.39. The molecule has 2 aromatic rings. The molecular weight excluding hydrogens is 385 g/mol. The summed E-state index contributed by atoms with van der Waals surface area (Å²) in [6, 6.07) is 9.81. The van der Waals surface area contributed by atoms with Crippen LogP contribution in [0.3, 0.4) is 0 Å². The molecule has 2 rings (SSSR count). The Kier molecular flexibility index (Phi) is 9.54. The Balaban J connectivity index is 2.08. The summed E-state index contributed by atoms with van der Waals surface area (Å²) in [4.78, 5) is 29.3. The zero-order valence-electron chi connectivity index (χ0n) is 18.1. The van der Waals surface area contributed by atoms with Crippen LogP contribution in [0.2, 0.25) is 0 Å². The molecule has 0 saturated heterocycles. The molecule has 0 aliphatic rings. The van der Waals surface area contributed by atoms with Crippen molar-refractivity contribution in [3.05, 3.63) is 59.7 Å². The number of amides is 2. The standard InChI is InChI=1S/C23H32FN3O3/c1-4-5-13-26(22(28)16-19-8-10-20(24)11-9-19)18-23(29)27(14-15-30-3)17-21-7-6-12-25(21)2/h6-12H,4-5,13-18H2,1-3H3. The molecule has 1 aromatic heterocycles. The lowest BCUT2D eigenvalue weighted by atomic mass is 10.1. The molecule has 2 amide bonds. The third-order valence-corrected chi connectivity index (χ3v) is 5.05. The molecule has 0 spiro atoms. The molecule has 30 heavy (non-hydrogen) atoms. The van der Waals surface area contributed by atoms with Gasteiger partial charge in [0.1, 0.15) is 5.82 Å². The van der Waals surface area contributed by atoms with Crippen molar-refractivity contribution in [3.8, 4) is 0 Å². The van der Waals surface area contributed by atoms with Gasteiger partial charge in [-0.3, -0.25) is 9.59 Å². The second kappa shape index (κ2) is 12.1. The molecule has 1 aromatic carbocycles. The fraction of sp³-hybridized carbons (Fsp3) is 0.478. The van der Waals surface area contributed by atoms with Crippen LogP contribution in [0.5, 0.6) is 0 Å². The molecule has 0 atom stereocenters. The maximum absolute atomic E-state index is 13.1. The van der Waals surface area contributed by atoms with E-state index in [0.717, 1.165) is 24.1 Å². The van der Waals surface area contributed by atoms with Crippen LogP contribution in [-0.2, 0) is 34.3 Å². The normalized spacial score (nSPS) is 10.8. The number of benzene rings is 1. The summed E-state index contributed by atoms with van der Waals surface area (Å²) in [6.45, 7) is 3.92. The van der Waals surface area contributed by atoms with E-state index in [4.69, 9.17) is 4.74 Å². The fourth-order valence-electron chi connectivity index (χ4n) is 3.14. The molecule has 6 nitrogen and oxygen atoms in total. The molecule has 0 aliphatic heterocycles. The largest absolute Gasteiger partial charge is 0.383 e. The average Bonchev–Trinajstić information content (AvgIpc) is 3.14. The molecule has 7 heteroatoms. The highest BCUT2D eigenvalue weighted by molar-refractivity contribution is 5.86. The monoisotopic (exact) mass is 417 g/mol. The SMILES string of the molecule is CCCCN(CC(=O)N(CCOC)Cc1cccn1C)C(=O)Cc1ccc(F)cc1. The zero-order chi connectivity index (χ0) is 21.9. The fourth-order valence-corrected chi connectivity index (χ4v) is 3.14. The molecule has 0 unspecified atom stereocenters. The number of rotatable bonds is 12. The van der Waals surface area contributed by atoms with E-state index >= 15 is 0 Å². The van der Waals surface area contributed by atoms with E-state index in [2.05, 4.69) is 0 Å². The number of hydrogen-bond acceptors (Lipinski definition) is 3. The molecule has 0 radical (unpaired) electrons. The van der Waals surface area contributed by atoms with E-state index < -0.39 is 0 Å². The summed E-state index contributed by atoms with van der Waals surface area (Å²) < 4.78 is 20.3. The maximum atomic E-state index is 13.1. The Hall–Kier alpha value is -2.67. The van der Waals surface area contributed by atoms with Gasteiger partial charge in [-0.25, -0.2) is 4.39 Å². The smallest absolute Gasteiger partial charge is 0.242 e. The van der Waals surface area contributed by atoms with Crippen molar-refractivity contribution < 1.29 is 18.7 Å². The first-order valence-corrected chi connectivity index (χ1v) is 10.3. The quantitative estimate of drug-likeness (QED) is 0.534. The van der Waals surface area contributed by atoms with Gasteiger partial charge in [0.2, 0.25) is 11.8 Å². The molecular formula is C23H32FN3O3. The van der Waals surface area contributed by atoms with Crippen molar-refractivity contribution in [2.75, 3.05) is 33.4 Å². The van der Waals surface area contributed by atoms with E-state index in [1.807, 2.05) is 36.9 Å². The first-order valence-electron chi connectivity index (χ1n) is 10.3. The van der Waals surface area contributed by atoms with Gasteiger partial charge in [-0.15, -0.1) is 0 Å². The topological polar surface area (TPSA) is 54.8 Å². The predicted molar refractivity (Wildman–Crippen MR) is 114 cm³/mol. The summed E-state index contributed by atoms with van der Waals surface area (Å²) in [5.74, 6) is -0.579. The van der Waals surface area contributed by atoms with Gasteiger partial charge < -0.3 is 19.1 Å². The van der Waals surface area contributed by atoms with Gasteiger partial charge in [0, 0.05) is 39.1 Å². The Morgan fingerprint density at radius 3 is 2.40 bits per heavy atom. The molecule has 0 aliphatic carbocycles.